The molecule has 1 aromatic carbocycles. The van der Waals surface area contributed by atoms with Gasteiger partial charge < -0.3 is 10.1 Å². The monoisotopic (exact) mass is 262 g/mol. The van der Waals surface area contributed by atoms with Gasteiger partial charge in [-0.2, -0.15) is 0 Å². The van der Waals surface area contributed by atoms with Crippen LogP contribution in [0, 0.1) is 0 Å². The zero-order chi connectivity index (χ0) is 12.8. The number of pyridine rings is 1. The Labute approximate surface area is 112 Å². The molecule has 2 rings (SSSR count). The van der Waals surface area contributed by atoms with Gasteiger partial charge in [0.25, 0.3) is 0 Å². The van der Waals surface area contributed by atoms with Crippen molar-refractivity contribution in [2.45, 2.75) is 13.2 Å². The molecule has 0 saturated heterocycles. The Morgan fingerprint density at radius 2 is 2.22 bits per heavy atom. The van der Waals surface area contributed by atoms with E-state index in [9.17, 15) is 0 Å². The van der Waals surface area contributed by atoms with Crippen molar-refractivity contribution < 1.29 is 4.74 Å². The lowest BCUT2D eigenvalue weighted by Crippen LogP contribution is -2.07. The van der Waals surface area contributed by atoms with Crippen LogP contribution in [0.25, 0.3) is 0 Å². The smallest absolute Gasteiger partial charge is 0.142 e. The summed E-state index contributed by atoms with van der Waals surface area (Å²) in [5.41, 5.74) is 2.14. The van der Waals surface area contributed by atoms with Gasteiger partial charge in [0.05, 0.1) is 6.20 Å². The van der Waals surface area contributed by atoms with Gasteiger partial charge in [0.1, 0.15) is 12.4 Å². The summed E-state index contributed by atoms with van der Waals surface area (Å²) in [6, 6.07) is 9.60. The summed E-state index contributed by atoms with van der Waals surface area (Å²) in [6.07, 6.45) is 3.50. The van der Waals surface area contributed by atoms with Crippen molar-refractivity contribution in [2.24, 2.45) is 0 Å². The Kier molecular flexibility index (Phi) is 4.56. The molecule has 0 aliphatic carbocycles. The van der Waals surface area contributed by atoms with Gasteiger partial charge in [-0.25, -0.2) is 0 Å². The molecule has 4 heteroatoms. The van der Waals surface area contributed by atoms with Crippen molar-refractivity contribution in [3.8, 4) is 5.75 Å². The van der Waals surface area contributed by atoms with Crippen molar-refractivity contribution in [3.63, 3.8) is 0 Å². The first kappa shape index (κ1) is 12.9. The van der Waals surface area contributed by atoms with Crippen LogP contribution in [0.3, 0.4) is 0 Å². The highest BCUT2D eigenvalue weighted by atomic mass is 35.5. The van der Waals surface area contributed by atoms with E-state index in [-0.39, 0.29) is 0 Å². The first-order valence-electron chi connectivity index (χ1n) is 5.74. The molecular weight excluding hydrogens is 248 g/mol. The lowest BCUT2D eigenvalue weighted by atomic mass is 10.2. The van der Waals surface area contributed by atoms with Crippen LogP contribution >= 0.6 is 11.6 Å². The van der Waals surface area contributed by atoms with Crippen LogP contribution < -0.4 is 10.1 Å². The Balaban J connectivity index is 2.06. The largest absolute Gasteiger partial charge is 0.487 e. The van der Waals surface area contributed by atoms with Crippen molar-refractivity contribution >= 4 is 11.6 Å². The quantitative estimate of drug-likeness (QED) is 0.899. The Hall–Kier alpha value is -1.58. The van der Waals surface area contributed by atoms with E-state index >= 15 is 0 Å². The average Bonchev–Trinajstić information content (AvgIpc) is 2.38. The molecule has 18 heavy (non-hydrogen) atoms. The van der Waals surface area contributed by atoms with E-state index in [0.29, 0.717) is 6.61 Å². The fourth-order valence-corrected chi connectivity index (χ4v) is 1.88. The van der Waals surface area contributed by atoms with E-state index in [1.807, 2.05) is 37.4 Å². The molecule has 0 radical (unpaired) electrons. The summed E-state index contributed by atoms with van der Waals surface area (Å²) < 4.78 is 5.77. The Morgan fingerprint density at radius 1 is 1.33 bits per heavy atom. The summed E-state index contributed by atoms with van der Waals surface area (Å²) in [4.78, 5) is 4.08. The second-order valence-electron chi connectivity index (χ2n) is 3.93. The zero-order valence-electron chi connectivity index (χ0n) is 10.2. The maximum atomic E-state index is 5.93. The third-order valence-electron chi connectivity index (χ3n) is 2.52. The molecule has 0 spiro atoms. The summed E-state index contributed by atoms with van der Waals surface area (Å²) >= 11 is 5.93. The standard InChI is InChI=1S/C14H15ClN2O/c1-16-8-12-5-6-17-9-14(12)18-10-11-3-2-4-13(15)7-11/h2-7,9,16H,8,10H2,1H3. The predicted molar refractivity (Wildman–Crippen MR) is 72.8 cm³/mol. The third-order valence-corrected chi connectivity index (χ3v) is 2.76. The molecule has 1 N–H and O–H groups in total. The first-order chi connectivity index (χ1) is 8.79. The topological polar surface area (TPSA) is 34.2 Å². The van der Waals surface area contributed by atoms with Crippen LogP contribution in [-0.4, -0.2) is 12.0 Å². The van der Waals surface area contributed by atoms with E-state index < -0.39 is 0 Å². The van der Waals surface area contributed by atoms with E-state index in [4.69, 9.17) is 16.3 Å². The van der Waals surface area contributed by atoms with Crippen LogP contribution in [0.4, 0.5) is 0 Å². The average molecular weight is 263 g/mol. The van der Waals surface area contributed by atoms with Crippen LogP contribution in [0.2, 0.25) is 5.02 Å². The molecule has 0 amide bonds. The molecular formula is C14H15ClN2O. The number of rotatable bonds is 5. The number of benzene rings is 1. The van der Waals surface area contributed by atoms with Gasteiger partial charge in [0.2, 0.25) is 0 Å². The Bertz CT molecular complexity index is 517. The van der Waals surface area contributed by atoms with E-state index in [1.54, 1.807) is 12.4 Å². The van der Waals surface area contributed by atoms with Gasteiger partial charge in [0.15, 0.2) is 0 Å². The van der Waals surface area contributed by atoms with E-state index in [0.717, 1.165) is 28.4 Å². The third kappa shape index (κ3) is 3.45. The number of halogens is 1. The van der Waals surface area contributed by atoms with Crippen LogP contribution in [0.1, 0.15) is 11.1 Å². The summed E-state index contributed by atoms with van der Waals surface area (Å²) in [5, 5.41) is 3.82. The normalized spacial score (nSPS) is 10.3. The second-order valence-corrected chi connectivity index (χ2v) is 4.37. The molecule has 0 saturated carbocycles. The van der Waals surface area contributed by atoms with Gasteiger partial charge in [-0.1, -0.05) is 23.7 Å². The molecule has 0 bridgehead atoms. The van der Waals surface area contributed by atoms with Crippen molar-refractivity contribution in [2.75, 3.05) is 7.05 Å². The van der Waals surface area contributed by atoms with Gasteiger partial charge in [-0.15, -0.1) is 0 Å². The number of ether oxygens (including phenoxy) is 1. The van der Waals surface area contributed by atoms with Gasteiger partial charge >= 0.3 is 0 Å². The fourth-order valence-electron chi connectivity index (χ4n) is 1.66. The molecule has 0 fully saturated rings. The predicted octanol–water partition coefficient (Wildman–Crippen LogP) is 3.03. The minimum Gasteiger partial charge on any atom is -0.487 e. The van der Waals surface area contributed by atoms with Gasteiger partial charge in [-0.3, -0.25) is 4.98 Å². The zero-order valence-corrected chi connectivity index (χ0v) is 10.9. The molecule has 0 atom stereocenters. The summed E-state index contributed by atoms with van der Waals surface area (Å²) in [7, 11) is 1.90. The summed E-state index contributed by atoms with van der Waals surface area (Å²) in [6.45, 7) is 1.25. The molecule has 0 aliphatic heterocycles. The van der Waals surface area contributed by atoms with E-state index in [2.05, 4.69) is 10.3 Å². The lowest BCUT2D eigenvalue weighted by Gasteiger charge is -2.10. The van der Waals surface area contributed by atoms with E-state index in [1.165, 1.54) is 0 Å². The van der Waals surface area contributed by atoms with Crippen LogP contribution in [0.5, 0.6) is 5.75 Å². The molecule has 3 nitrogen and oxygen atoms in total. The minimum atomic E-state index is 0.489. The maximum absolute atomic E-state index is 5.93. The minimum absolute atomic E-state index is 0.489. The number of nitrogens with zero attached hydrogens (tertiary/aromatic N) is 1. The van der Waals surface area contributed by atoms with Crippen molar-refractivity contribution in [3.05, 3.63) is 58.9 Å². The lowest BCUT2D eigenvalue weighted by molar-refractivity contribution is 0.301. The van der Waals surface area contributed by atoms with Crippen molar-refractivity contribution in [1.29, 1.82) is 0 Å². The molecule has 0 aliphatic rings. The molecule has 0 unspecified atom stereocenters. The van der Waals surface area contributed by atoms with Crippen LogP contribution in [0.15, 0.2) is 42.7 Å². The number of nitrogens with one attached hydrogen (secondary N) is 1. The molecule has 1 heterocycles. The van der Waals surface area contributed by atoms with Gasteiger partial charge in [0, 0.05) is 23.3 Å². The number of hydrogen-bond acceptors (Lipinski definition) is 3. The summed E-state index contributed by atoms with van der Waals surface area (Å²) in [5.74, 6) is 0.798. The molecule has 1 aromatic heterocycles. The number of hydrogen-bond donors (Lipinski definition) is 1. The first-order valence-corrected chi connectivity index (χ1v) is 6.12. The van der Waals surface area contributed by atoms with Gasteiger partial charge in [-0.05, 0) is 30.8 Å². The number of aromatic nitrogens is 1. The highest BCUT2D eigenvalue weighted by molar-refractivity contribution is 6.30. The molecule has 2 aromatic rings. The Morgan fingerprint density at radius 3 is 3.00 bits per heavy atom. The van der Waals surface area contributed by atoms with Crippen LogP contribution in [-0.2, 0) is 13.2 Å². The fraction of sp³-hybridized carbons (Fsp3) is 0.214. The highest BCUT2D eigenvalue weighted by Crippen LogP contribution is 2.18. The molecule has 94 valence electrons. The highest BCUT2D eigenvalue weighted by Gasteiger charge is 2.03. The van der Waals surface area contributed by atoms with Crippen molar-refractivity contribution in [1.82, 2.24) is 10.3 Å². The maximum Gasteiger partial charge on any atom is 0.142 e. The SMILES string of the molecule is CNCc1ccncc1OCc1cccc(Cl)c1. The second kappa shape index (κ2) is 6.38.